The van der Waals surface area contributed by atoms with Crippen LogP contribution in [0.1, 0.15) is 25.7 Å². The van der Waals surface area contributed by atoms with Crippen LogP contribution in [0.5, 0.6) is 0 Å². The van der Waals surface area contributed by atoms with E-state index in [4.69, 9.17) is 4.74 Å². The fourth-order valence-electron chi connectivity index (χ4n) is 2.88. The standard InChI is InChI=1S/C15H18N2O2S/c1-19-14(18)10-11-4-2-3-8-17(11)15-12-6-9-20-13(12)5-7-16-15/h5-7,9,11H,2-4,8,10H2,1H3. The van der Waals surface area contributed by atoms with Gasteiger partial charge in [-0.3, -0.25) is 4.79 Å². The lowest BCUT2D eigenvalue weighted by molar-refractivity contribution is -0.141. The van der Waals surface area contributed by atoms with Crippen LogP contribution in [0.3, 0.4) is 0 Å². The molecule has 1 unspecified atom stereocenters. The highest BCUT2D eigenvalue weighted by Gasteiger charge is 2.27. The third-order valence-corrected chi connectivity index (χ3v) is 4.77. The number of hydrogen-bond donors (Lipinski definition) is 0. The van der Waals surface area contributed by atoms with Gasteiger partial charge in [0.1, 0.15) is 5.82 Å². The molecule has 0 amide bonds. The molecular weight excluding hydrogens is 272 g/mol. The van der Waals surface area contributed by atoms with Crippen LogP contribution >= 0.6 is 11.3 Å². The number of methoxy groups -OCH3 is 1. The first-order valence-corrected chi connectivity index (χ1v) is 7.83. The van der Waals surface area contributed by atoms with Crippen LogP contribution in [-0.4, -0.2) is 30.6 Å². The van der Waals surface area contributed by atoms with E-state index >= 15 is 0 Å². The van der Waals surface area contributed by atoms with Crippen molar-refractivity contribution in [2.75, 3.05) is 18.6 Å². The van der Waals surface area contributed by atoms with Crippen molar-refractivity contribution < 1.29 is 9.53 Å². The Balaban J connectivity index is 1.93. The number of esters is 1. The summed E-state index contributed by atoms with van der Waals surface area (Å²) in [6.45, 7) is 0.962. The smallest absolute Gasteiger partial charge is 0.307 e. The Morgan fingerprint density at radius 1 is 1.50 bits per heavy atom. The second kappa shape index (κ2) is 5.79. The molecule has 2 aromatic heterocycles. The van der Waals surface area contributed by atoms with Crippen molar-refractivity contribution in [3.05, 3.63) is 23.7 Å². The van der Waals surface area contributed by atoms with Crippen molar-refractivity contribution in [3.8, 4) is 0 Å². The number of thiophene rings is 1. The lowest BCUT2D eigenvalue weighted by atomic mass is 9.99. The van der Waals surface area contributed by atoms with E-state index < -0.39 is 0 Å². The number of ether oxygens (including phenoxy) is 1. The van der Waals surface area contributed by atoms with Gasteiger partial charge in [-0.2, -0.15) is 0 Å². The van der Waals surface area contributed by atoms with Gasteiger partial charge < -0.3 is 9.64 Å². The van der Waals surface area contributed by atoms with E-state index in [9.17, 15) is 4.79 Å². The van der Waals surface area contributed by atoms with Crippen molar-refractivity contribution in [2.45, 2.75) is 31.7 Å². The summed E-state index contributed by atoms with van der Waals surface area (Å²) in [6.07, 6.45) is 5.64. The van der Waals surface area contributed by atoms with Crippen molar-refractivity contribution in [1.82, 2.24) is 4.98 Å². The Bertz CT molecular complexity index is 611. The fourth-order valence-corrected chi connectivity index (χ4v) is 3.65. The molecule has 0 aromatic carbocycles. The molecule has 0 spiro atoms. The van der Waals surface area contributed by atoms with Gasteiger partial charge in [0.05, 0.1) is 13.5 Å². The normalized spacial score (nSPS) is 19.2. The van der Waals surface area contributed by atoms with Gasteiger partial charge in [0.25, 0.3) is 0 Å². The van der Waals surface area contributed by atoms with Crippen molar-refractivity contribution >= 4 is 33.2 Å². The molecule has 1 aliphatic heterocycles. The van der Waals surface area contributed by atoms with E-state index in [2.05, 4.69) is 21.3 Å². The topological polar surface area (TPSA) is 42.4 Å². The molecule has 0 N–H and O–H groups in total. The number of nitrogens with zero attached hydrogens (tertiary/aromatic N) is 2. The van der Waals surface area contributed by atoms with Gasteiger partial charge in [-0.15, -0.1) is 11.3 Å². The molecule has 20 heavy (non-hydrogen) atoms. The predicted octanol–water partition coefficient (Wildman–Crippen LogP) is 3.22. The summed E-state index contributed by atoms with van der Waals surface area (Å²) in [4.78, 5) is 18.5. The largest absolute Gasteiger partial charge is 0.469 e. The Labute approximate surface area is 122 Å². The zero-order chi connectivity index (χ0) is 13.9. The van der Waals surface area contributed by atoms with E-state index in [1.807, 2.05) is 12.3 Å². The zero-order valence-electron chi connectivity index (χ0n) is 11.5. The van der Waals surface area contributed by atoms with Gasteiger partial charge in [-0.25, -0.2) is 4.98 Å². The number of carbonyl (C=O) groups excluding carboxylic acids is 1. The third-order valence-electron chi connectivity index (χ3n) is 3.89. The van der Waals surface area contributed by atoms with Crippen LogP contribution in [0.25, 0.3) is 10.1 Å². The summed E-state index contributed by atoms with van der Waals surface area (Å²) in [5.41, 5.74) is 0. The van der Waals surface area contributed by atoms with E-state index in [1.54, 1.807) is 11.3 Å². The zero-order valence-corrected chi connectivity index (χ0v) is 12.4. The van der Waals surface area contributed by atoms with Gasteiger partial charge in [0.15, 0.2) is 0 Å². The van der Waals surface area contributed by atoms with Gasteiger partial charge in [-0.1, -0.05) is 0 Å². The van der Waals surface area contributed by atoms with Crippen LogP contribution in [0.2, 0.25) is 0 Å². The van der Waals surface area contributed by atoms with E-state index in [0.717, 1.165) is 31.6 Å². The maximum Gasteiger partial charge on any atom is 0.307 e. The molecule has 4 nitrogen and oxygen atoms in total. The first-order valence-electron chi connectivity index (χ1n) is 6.95. The molecule has 0 aliphatic carbocycles. The number of carbonyl (C=O) groups is 1. The molecule has 1 fully saturated rings. The highest BCUT2D eigenvalue weighted by molar-refractivity contribution is 7.17. The highest BCUT2D eigenvalue weighted by Crippen LogP contribution is 2.33. The molecular formula is C15H18N2O2S. The van der Waals surface area contributed by atoms with Gasteiger partial charge in [-0.05, 0) is 36.8 Å². The monoisotopic (exact) mass is 290 g/mol. The number of aromatic nitrogens is 1. The van der Waals surface area contributed by atoms with Crippen LogP contribution in [0.4, 0.5) is 5.82 Å². The maximum atomic E-state index is 11.6. The SMILES string of the molecule is COC(=O)CC1CCCCN1c1nccc2sccc12. The molecule has 2 aromatic rings. The average molecular weight is 290 g/mol. The minimum absolute atomic E-state index is 0.139. The van der Waals surface area contributed by atoms with Crippen LogP contribution in [0, 0.1) is 0 Å². The average Bonchev–Trinajstić information content (AvgIpc) is 2.96. The molecule has 0 saturated carbocycles. The number of piperidine rings is 1. The molecule has 1 saturated heterocycles. The Hall–Kier alpha value is -1.62. The molecule has 0 bridgehead atoms. The van der Waals surface area contributed by atoms with E-state index in [1.165, 1.54) is 17.2 Å². The first-order chi connectivity index (χ1) is 9.79. The van der Waals surface area contributed by atoms with Crippen LogP contribution < -0.4 is 4.90 Å². The number of anilines is 1. The molecule has 3 rings (SSSR count). The van der Waals surface area contributed by atoms with Gasteiger partial charge >= 0.3 is 5.97 Å². The summed E-state index contributed by atoms with van der Waals surface area (Å²) < 4.78 is 6.07. The number of hydrogen-bond acceptors (Lipinski definition) is 5. The molecule has 3 heterocycles. The molecule has 1 aliphatic rings. The second-order valence-electron chi connectivity index (χ2n) is 5.09. The molecule has 0 radical (unpaired) electrons. The van der Waals surface area contributed by atoms with E-state index in [0.29, 0.717) is 6.42 Å². The van der Waals surface area contributed by atoms with Crippen LogP contribution in [0.15, 0.2) is 23.7 Å². The van der Waals surface area contributed by atoms with Crippen molar-refractivity contribution in [3.63, 3.8) is 0 Å². The maximum absolute atomic E-state index is 11.6. The minimum Gasteiger partial charge on any atom is -0.469 e. The summed E-state index contributed by atoms with van der Waals surface area (Å²) in [5, 5.41) is 3.28. The summed E-state index contributed by atoms with van der Waals surface area (Å²) in [5.74, 6) is 0.872. The third kappa shape index (κ3) is 2.50. The van der Waals surface area contributed by atoms with Gasteiger partial charge in [0.2, 0.25) is 0 Å². The molecule has 106 valence electrons. The van der Waals surface area contributed by atoms with Crippen LogP contribution in [-0.2, 0) is 9.53 Å². The molecule has 1 atom stereocenters. The Morgan fingerprint density at radius 2 is 2.40 bits per heavy atom. The lowest BCUT2D eigenvalue weighted by Crippen LogP contribution is -2.41. The number of rotatable bonds is 3. The summed E-state index contributed by atoms with van der Waals surface area (Å²) in [6, 6.07) is 4.36. The molecule has 5 heteroatoms. The summed E-state index contributed by atoms with van der Waals surface area (Å²) >= 11 is 1.73. The number of pyridine rings is 1. The summed E-state index contributed by atoms with van der Waals surface area (Å²) in [7, 11) is 1.45. The predicted molar refractivity (Wildman–Crippen MR) is 81.2 cm³/mol. The second-order valence-corrected chi connectivity index (χ2v) is 6.04. The number of fused-ring (bicyclic) bond motifs is 1. The van der Waals surface area contributed by atoms with Gasteiger partial charge in [0, 0.05) is 28.9 Å². The lowest BCUT2D eigenvalue weighted by Gasteiger charge is -2.36. The quantitative estimate of drug-likeness (QED) is 0.814. The fraction of sp³-hybridized carbons (Fsp3) is 0.467. The Morgan fingerprint density at radius 3 is 3.25 bits per heavy atom. The van der Waals surface area contributed by atoms with Crippen molar-refractivity contribution in [2.24, 2.45) is 0 Å². The highest BCUT2D eigenvalue weighted by atomic mass is 32.1. The van der Waals surface area contributed by atoms with Crippen molar-refractivity contribution in [1.29, 1.82) is 0 Å². The minimum atomic E-state index is -0.139. The first kappa shape index (κ1) is 13.4. The van der Waals surface area contributed by atoms with E-state index in [-0.39, 0.29) is 12.0 Å². The Kier molecular flexibility index (Phi) is 3.87.